The molecule has 54 heavy (non-hydrogen) atoms. The lowest BCUT2D eigenvalue weighted by atomic mass is 9.87. The van der Waals surface area contributed by atoms with Crippen LogP contribution in [0, 0.1) is 0 Å². The third-order valence-corrected chi connectivity index (χ3v) is 10.6. The lowest BCUT2D eigenvalue weighted by Gasteiger charge is -2.20. The number of nitrogens with zero attached hydrogens (tertiary/aromatic N) is 2. The van der Waals surface area contributed by atoms with Crippen molar-refractivity contribution >= 4 is 61.0 Å². The van der Waals surface area contributed by atoms with Crippen molar-refractivity contribution in [3.63, 3.8) is 0 Å². The van der Waals surface area contributed by atoms with E-state index >= 15 is 0 Å². The summed E-state index contributed by atoms with van der Waals surface area (Å²) >= 11 is 0. The van der Waals surface area contributed by atoms with Gasteiger partial charge in [-0.1, -0.05) is 161 Å². The topological polar surface area (TPSA) is 9.86 Å². The molecule has 2 nitrogen and oxygen atoms in total. The van der Waals surface area contributed by atoms with Crippen LogP contribution in [0.25, 0.3) is 77.8 Å². The third kappa shape index (κ3) is 5.96. The van der Waals surface area contributed by atoms with Crippen LogP contribution in [0.3, 0.4) is 0 Å². The average Bonchev–Trinajstić information content (AvgIpc) is 3.72. The SMILES string of the molecule is C=C(/C=C(\C=C\c1ccccc1)c1ccccc1)n1c2ccccc2c2cc(-c3ccc4c(c3)c3ccccc3n4-c3cccc(C(C)(C)C)c3)ccc21. The molecule has 0 saturated heterocycles. The van der Waals surface area contributed by atoms with Gasteiger partial charge in [0.25, 0.3) is 0 Å². The molecule has 0 aliphatic carbocycles. The highest BCUT2D eigenvalue weighted by Gasteiger charge is 2.18. The van der Waals surface area contributed by atoms with Crippen molar-refractivity contribution in [2.24, 2.45) is 0 Å². The van der Waals surface area contributed by atoms with E-state index in [0.717, 1.165) is 33.4 Å². The molecule has 0 bridgehead atoms. The Morgan fingerprint density at radius 2 is 1.07 bits per heavy atom. The maximum Gasteiger partial charge on any atom is 0.0541 e. The van der Waals surface area contributed by atoms with Gasteiger partial charge in [-0.05, 0) is 93.4 Å². The van der Waals surface area contributed by atoms with Crippen LogP contribution in [0.2, 0.25) is 0 Å². The number of benzene rings is 7. The first-order chi connectivity index (χ1) is 26.3. The van der Waals surface area contributed by atoms with E-state index < -0.39 is 0 Å². The summed E-state index contributed by atoms with van der Waals surface area (Å²) in [5.41, 5.74) is 14.0. The highest BCUT2D eigenvalue weighted by atomic mass is 15.0. The molecule has 0 spiro atoms. The van der Waals surface area contributed by atoms with Gasteiger partial charge in [0.05, 0.1) is 22.1 Å². The Morgan fingerprint density at radius 1 is 0.519 bits per heavy atom. The fraction of sp³-hybridized carbons (Fsp3) is 0.0769. The minimum Gasteiger partial charge on any atom is -0.310 e. The Hall–Kier alpha value is -6.64. The summed E-state index contributed by atoms with van der Waals surface area (Å²) in [7, 11) is 0. The fourth-order valence-corrected chi connectivity index (χ4v) is 7.86. The van der Waals surface area contributed by atoms with Gasteiger partial charge >= 0.3 is 0 Å². The zero-order chi connectivity index (χ0) is 36.8. The second kappa shape index (κ2) is 13.4. The summed E-state index contributed by atoms with van der Waals surface area (Å²) < 4.78 is 4.72. The first-order valence-electron chi connectivity index (χ1n) is 18.7. The number of rotatable bonds is 7. The number of hydrogen-bond donors (Lipinski definition) is 0. The molecule has 0 unspecified atom stereocenters. The van der Waals surface area contributed by atoms with Crippen LogP contribution in [-0.2, 0) is 5.41 Å². The Kier molecular flexibility index (Phi) is 8.24. The first-order valence-corrected chi connectivity index (χ1v) is 18.7. The molecule has 2 heteroatoms. The molecular weight excluding hydrogens is 653 g/mol. The highest BCUT2D eigenvalue weighted by Crippen LogP contribution is 2.39. The Morgan fingerprint density at radius 3 is 1.78 bits per heavy atom. The summed E-state index contributed by atoms with van der Waals surface area (Å²) in [6.45, 7) is 11.5. The van der Waals surface area contributed by atoms with Crippen molar-refractivity contribution in [2.45, 2.75) is 26.2 Å². The van der Waals surface area contributed by atoms with Gasteiger partial charge in [0.1, 0.15) is 0 Å². The van der Waals surface area contributed by atoms with Crippen LogP contribution in [0.4, 0.5) is 0 Å². The van der Waals surface area contributed by atoms with E-state index in [9.17, 15) is 0 Å². The maximum atomic E-state index is 4.66. The molecule has 0 radical (unpaired) electrons. The zero-order valence-electron chi connectivity index (χ0n) is 31.0. The number of para-hydroxylation sites is 2. The standard InChI is InChI=1S/C52H42N2/c1-36(32-39(38-18-9-6-10-19-38)27-26-37-16-7-5-8-17-37)53-48-24-13-11-22-44(48)46-33-40(28-30-50(46)53)41-29-31-51-47(34-41)45-23-12-14-25-49(45)54(51)43-21-15-20-42(35-43)52(2,3)4/h5-35H,1H2,2-4H3/b27-26+,39-32+. The van der Waals surface area contributed by atoms with Crippen molar-refractivity contribution in [3.05, 3.63) is 205 Å². The first kappa shape index (κ1) is 33.2. The van der Waals surface area contributed by atoms with Crippen molar-refractivity contribution in [2.75, 3.05) is 0 Å². The van der Waals surface area contributed by atoms with E-state index in [4.69, 9.17) is 0 Å². The normalized spacial score (nSPS) is 12.5. The van der Waals surface area contributed by atoms with Crippen molar-refractivity contribution in [1.82, 2.24) is 9.13 Å². The lowest BCUT2D eigenvalue weighted by molar-refractivity contribution is 0.590. The molecule has 260 valence electrons. The lowest BCUT2D eigenvalue weighted by Crippen LogP contribution is -2.11. The van der Waals surface area contributed by atoms with Crippen molar-refractivity contribution in [1.29, 1.82) is 0 Å². The monoisotopic (exact) mass is 694 g/mol. The summed E-state index contributed by atoms with van der Waals surface area (Å²) in [6.07, 6.45) is 6.56. The third-order valence-electron chi connectivity index (χ3n) is 10.6. The van der Waals surface area contributed by atoms with Crippen LogP contribution >= 0.6 is 0 Å². The summed E-state index contributed by atoms with van der Waals surface area (Å²) in [6, 6.07) is 61.2. The molecule has 0 amide bonds. The molecule has 7 aromatic carbocycles. The van der Waals surface area contributed by atoms with E-state index in [1.165, 1.54) is 55.0 Å². The Bertz CT molecular complexity index is 2910. The summed E-state index contributed by atoms with van der Waals surface area (Å²) in [5, 5.41) is 4.93. The van der Waals surface area contributed by atoms with Crippen molar-refractivity contribution < 1.29 is 0 Å². The molecule has 9 rings (SSSR count). The van der Waals surface area contributed by atoms with Crippen LogP contribution in [0.5, 0.6) is 0 Å². The van der Waals surface area contributed by atoms with Crippen molar-refractivity contribution in [3.8, 4) is 16.8 Å². The van der Waals surface area contributed by atoms with Crippen LogP contribution in [-0.4, -0.2) is 9.13 Å². The largest absolute Gasteiger partial charge is 0.310 e. The molecule has 0 aliphatic rings. The van der Waals surface area contributed by atoms with Gasteiger partial charge < -0.3 is 9.13 Å². The smallest absolute Gasteiger partial charge is 0.0541 e. The molecule has 0 fully saturated rings. The van der Waals surface area contributed by atoms with Crippen LogP contribution in [0.15, 0.2) is 189 Å². The predicted octanol–water partition coefficient (Wildman–Crippen LogP) is 14.1. The summed E-state index contributed by atoms with van der Waals surface area (Å²) in [4.78, 5) is 0. The number of aromatic nitrogens is 2. The second-order valence-corrected chi connectivity index (χ2v) is 15.2. The minimum absolute atomic E-state index is 0.0654. The molecule has 0 atom stereocenters. The van der Waals surface area contributed by atoms with E-state index in [2.05, 4.69) is 219 Å². The molecule has 9 aromatic rings. The zero-order valence-corrected chi connectivity index (χ0v) is 31.0. The van der Waals surface area contributed by atoms with E-state index in [1.54, 1.807) is 0 Å². The van der Waals surface area contributed by atoms with Gasteiger partial charge in [0, 0.05) is 32.9 Å². The van der Waals surface area contributed by atoms with Gasteiger partial charge in [-0.25, -0.2) is 0 Å². The molecule has 2 aromatic heterocycles. The molecule has 0 N–H and O–H groups in total. The fourth-order valence-electron chi connectivity index (χ4n) is 7.86. The van der Waals surface area contributed by atoms with Gasteiger partial charge in [-0.15, -0.1) is 0 Å². The molecule has 0 aliphatic heterocycles. The van der Waals surface area contributed by atoms with Gasteiger partial charge in [-0.2, -0.15) is 0 Å². The molecule has 2 heterocycles. The molecule has 0 saturated carbocycles. The van der Waals surface area contributed by atoms with Gasteiger partial charge in [0.15, 0.2) is 0 Å². The van der Waals surface area contributed by atoms with E-state index in [0.29, 0.717) is 0 Å². The summed E-state index contributed by atoms with van der Waals surface area (Å²) in [5.74, 6) is 0. The number of hydrogen-bond acceptors (Lipinski definition) is 0. The van der Waals surface area contributed by atoms with Crippen LogP contribution in [0.1, 0.15) is 37.5 Å². The molecular formula is C52H42N2. The predicted molar refractivity (Wildman–Crippen MR) is 233 cm³/mol. The number of allylic oxidation sites excluding steroid dienone is 4. The maximum absolute atomic E-state index is 4.66. The quantitative estimate of drug-likeness (QED) is 0.147. The minimum atomic E-state index is 0.0654. The Balaban J connectivity index is 1.16. The Labute approximate surface area is 317 Å². The number of fused-ring (bicyclic) bond motifs is 6. The van der Waals surface area contributed by atoms with E-state index in [-0.39, 0.29) is 5.41 Å². The highest BCUT2D eigenvalue weighted by molar-refractivity contribution is 6.13. The second-order valence-electron chi connectivity index (χ2n) is 15.2. The van der Waals surface area contributed by atoms with Crippen LogP contribution < -0.4 is 0 Å². The average molecular weight is 695 g/mol. The van der Waals surface area contributed by atoms with Gasteiger partial charge in [0.2, 0.25) is 0 Å². The van der Waals surface area contributed by atoms with Gasteiger partial charge in [-0.3, -0.25) is 0 Å². The van der Waals surface area contributed by atoms with E-state index in [1.807, 2.05) is 6.07 Å².